The molecule has 0 saturated heterocycles. The standard InChI is InChI=1S/C46H58I3N3O26/c1-20(53)69-16-34(73-24(5)57)43(77-28(9)61)41(75-26(7)59)32(71-22(3)55)14-50(11)45(66)30-13-31(52(49)36(63)18-68-19-37(64)65)40(48)38(39(30)47)46(67)51(12)15-33(72-23(4)56)42(76-27(8)60)44(78-29(10)62)35(74-25(6)58)17-70-21(2)54/h13,32-35,41-44H,14-19H2,1-12H3,(H,64,65). The zero-order chi connectivity index (χ0) is 60.0. The lowest BCUT2D eigenvalue weighted by atomic mass is 10.0. The monoisotopic (exact) mass is 1450 g/mol. The Labute approximate surface area is 487 Å². The maximum absolute atomic E-state index is 15.0. The van der Waals surface area contributed by atoms with E-state index in [-0.39, 0.29) is 24.0 Å². The van der Waals surface area contributed by atoms with E-state index in [1.54, 1.807) is 45.2 Å². The normalized spacial score (nSPS) is 13.8. The van der Waals surface area contributed by atoms with E-state index in [0.717, 1.165) is 102 Å². The number of anilines is 1. The van der Waals surface area contributed by atoms with Gasteiger partial charge in [-0.3, -0.25) is 62.3 Å². The lowest BCUT2D eigenvalue weighted by Crippen LogP contribution is -2.56. The minimum absolute atomic E-state index is 0.0510. The molecule has 0 heterocycles. The van der Waals surface area contributed by atoms with Crippen LogP contribution in [0.25, 0.3) is 0 Å². The van der Waals surface area contributed by atoms with Crippen molar-refractivity contribution in [1.29, 1.82) is 0 Å². The summed E-state index contributed by atoms with van der Waals surface area (Å²) in [5.74, 6) is -14.4. The number of carboxylic acids is 1. The van der Waals surface area contributed by atoms with E-state index >= 15 is 4.79 Å². The third kappa shape index (κ3) is 23.9. The van der Waals surface area contributed by atoms with E-state index in [1.807, 2.05) is 0 Å². The molecule has 8 unspecified atom stereocenters. The van der Waals surface area contributed by atoms with Gasteiger partial charge in [-0.15, -0.1) is 0 Å². The van der Waals surface area contributed by atoms with E-state index in [1.165, 1.54) is 22.9 Å². The summed E-state index contributed by atoms with van der Waals surface area (Å²) in [5, 5.41) is 9.12. The second-order valence-electron chi connectivity index (χ2n) is 16.4. The highest BCUT2D eigenvalue weighted by atomic mass is 127. The number of amides is 3. The third-order valence-corrected chi connectivity index (χ3v) is 12.9. The molecule has 0 aromatic heterocycles. The molecule has 32 heteroatoms. The van der Waals surface area contributed by atoms with E-state index in [2.05, 4.69) is 0 Å². The first-order valence-corrected chi connectivity index (χ1v) is 25.7. The number of carboxylic acid groups (broad SMARTS) is 1. The number of likely N-dealkylation sites (N-methyl/N-ethyl adjacent to an activating group) is 2. The topological polar surface area (TPSA) is 370 Å². The summed E-state index contributed by atoms with van der Waals surface area (Å²) in [4.78, 5) is 181. The van der Waals surface area contributed by atoms with Gasteiger partial charge in [0.1, 0.15) is 26.4 Å². The Morgan fingerprint density at radius 1 is 0.462 bits per heavy atom. The van der Waals surface area contributed by atoms with E-state index < -0.39 is 172 Å². The Kier molecular flexibility index (Phi) is 30.0. The van der Waals surface area contributed by atoms with Crippen LogP contribution in [-0.4, -0.2) is 201 Å². The zero-order valence-corrected chi connectivity index (χ0v) is 50.5. The number of halogens is 3. The molecule has 1 aromatic carbocycles. The first-order chi connectivity index (χ1) is 36.1. The second-order valence-corrected chi connectivity index (χ2v) is 19.5. The van der Waals surface area contributed by atoms with E-state index in [9.17, 15) is 62.3 Å². The predicted molar refractivity (Wildman–Crippen MR) is 283 cm³/mol. The Bertz CT molecular complexity index is 2450. The van der Waals surface area contributed by atoms with Crippen LogP contribution < -0.4 is 3.11 Å². The number of hydrogen-bond donors (Lipinski definition) is 1. The number of ether oxygens (including phenoxy) is 11. The van der Waals surface area contributed by atoms with Crippen LogP contribution in [0.4, 0.5) is 5.69 Å². The molecule has 0 aliphatic heterocycles. The van der Waals surface area contributed by atoms with Gasteiger partial charge in [-0.05, 0) is 51.2 Å². The van der Waals surface area contributed by atoms with Gasteiger partial charge < -0.3 is 67.0 Å². The average Bonchev–Trinajstić information content (AvgIpc) is 3.29. The molecule has 1 aromatic rings. The highest BCUT2D eigenvalue weighted by molar-refractivity contribution is 14.1. The lowest BCUT2D eigenvalue weighted by Gasteiger charge is -2.37. The minimum Gasteiger partial charge on any atom is -0.480 e. The first kappa shape index (κ1) is 70.0. The maximum atomic E-state index is 15.0. The van der Waals surface area contributed by atoms with Crippen molar-refractivity contribution >= 4 is 157 Å². The largest absolute Gasteiger partial charge is 0.480 e. The van der Waals surface area contributed by atoms with Gasteiger partial charge in [-0.25, -0.2) is 7.91 Å². The summed E-state index contributed by atoms with van der Waals surface area (Å²) in [5.41, 5.74) is -0.908. The molecule has 3 amide bonds. The fourth-order valence-electron chi connectivity index (χ4n) is 6.87. The molecule has 0 spiro atoms. The first-order valence-electron chi connectivity index (χ1n) is 22.5. The molecule has 0 aliphatic rings. The molecule has 1 rings (SSSR count). The Hall–Kier alpha value is -6.05. The molecule has 434 valence electrons. The van der Waals surface area contributed by atoms with Crippen molar-refractivity contribution < 1.29 is 124 Å². The summed E-state index contributed by atoms with van der Waals surface area (Å²) in [6.45, 7) is 4.72. The number of aliphatic carboxylic acids is 1. The Balaban J connectivity index is 4.34. The molecule has 0 radical (unpaired) electrons. The summed E-state index contributed by atoms with van der Waals surface area (Å²) >= 11 is 4.81. The quantitative estimate of drug-likeness (QED) is 0.0513. The zero-order valence-electron chi connectivity index (χ0n) is 44.1. The van der Waals surface area contributed by atoms with Crippen molar-refractivity contribution in [1.82, 2.24) is 9.80 Å². The molecule has 78 heavy (non-hydrogen) atoms. The SMILES string of the molecule is CC(=O)OCC(OC(C)=O)C(OC(C)=O)C(OC(C)=O)C(CN(C)C(=O)c1cc(N(I)C(=O)COCC(=O)O)c(I)c(C(=O)N(C)CC(OC(C)=O)C(OC(C)=O)C(OC(C)=O)C(COC(C)=O)OC(C)=O)c1I)OC(C)=O. The predicted octanol–water partition coefficient (Wildman–Crippen LogP) is 1.40. The minimum atomic E-state index is -1.93. The van der Waals surface area contributed by atoms with Crippen molar-refractivity contribution in [3.63, 3.8) is 0 Å². The van der Waals surface area contributed by atoms with Gasteiger partial charge in [0.2, 0.25) is 0 Å². The van der Waals surface area contributed by atoms with Gasteiger partial charge in [0.05, 0.1) is 56.3 Å². The summed E-state index contributed by atoms with van der Waals surface area (Å²) in [6.07, 6.45) is -14.7. The summed E-state index contributed by atoms with van der Waals surface area (Å²) in [7, 11) is 2.32. The van der Waals surface area contributed by atoms with Gasteiger partial charge in [-0.2, -0.15) is 0 Å². The number of benzene rings is 1. The molecular weight excluding hydrogens is 1390 g/mol. The number of nitrogens with zero attached hydrogens (tertiary/aromatic N) is 3. The highest BCUT2D eigenvalue weighted by Crippen LogP contribution is 2.36. The van der Waals surface area contributed by atoms with Crippen LogP contribution in [0.1, 0.15) is 90.0 Å². The molecule has 8 atom stereocenters. The van der Waals surface area contributed by atoms with Crippen LogP contribution in [0, 0.1) is 7.14 Å². The van der Waals surface area contributed by atoms with Crippen molar-refractivity contribution in [3.05, 3.63) is 24.3 Å². The maximum Gasteiger partial charge on any atom is 0.329 e. The number of carbonyl (C=O) groups excluding carboxylic acids is 13. The van der Waals surface area contributed by atoms with E-state index in [0.29, 0.717) is 0 Å². The van der Waals surface area contributed by atoms with Gasteiger partial charge in [-0.1, -0.05) is 0 Å². The average molecular weight is 1450 g/mol. The Morgan fingerprint density at radius 3 is 1.10 bits per heavy atom. The number of carbonyl (C=O) groups is 14. The molecule has 0 aliphatic carbocycles. The van der Waals surface area contributed by atoms with Crippen LogP contribution >= 0.6 is 68.0 Å². The van der Waals surface area contributed by atoms with Gasteiger partial charge in [0.15, 0.2) is 48.8 Å². The van der Waals surface area contributed by atoms with Crippen molar-refractivity contribution in [2.75, 3.05) is 56.7 Å². The van der Waals surface area contributed by atoms with Gasteiger partial charge >= 0.3 is 65.7 Å². The number of rotatable bonds is 29. The second kappa shape index (κ2) is 33.4. The highest BCUT2D eigenvalue weighted by Gasteiger charge is 2.47. The molecule has 0 saturated carbocycles. The lowest BCUT2D eigenvalue weighted by molar-refractivity contribution is -0.203. The van der Waals surface area contributed by atoms with Crippen LogP contribution in [0.2, 0.25) is 0 Å². The third-order valence-electron chi connectivity index (χ3n) is 9.60. The smallest absolute Gasteiger partial charge is 0.329 e. The molecule has 29 nitrogen and oxygen atoms in total. The molecule has 1 N–H and O–H groups in total. The molecule has 0 bridgehead atoms. The van der Waals surface area contributed by atoms with Crippen molar-refractivity contribution in [2.45, 2.75) is 118 Å². The fraction of sp³-hybridized carbons (Fsp3) is 0.565. The number of hydrogen-bond acceptors (Lipinski definition) is 25. The van der Waals surface area contributed by atoms with Gasteiger partial charge in [0.25, 0.3) is 17.7 Å². The van der Waals surface area contributed by atoms with E-state index in [4.69, 9.17) is 57.2 Å². The molecular formula is C46H58I3N3O26. The van der Waals surface area contributed by atoms with Crippen molar-refractivity contribution in [2.24, 2.45) is 0 Å². The van der Waals surface area contributed by atoms with Gasteiger partial charge in [0, 0.05) is 86.9 Å². The summed E-state index contributed by atoms with van der Waals surface area (Å²) in [6, 6.07) is 1.16. The molecule has 0 fully saturated rings. The summed E-state index contributed by atoms with van der Waals surface area (Å²) < 4.78 is 59.4. The number of esters is 10. The van der Waals surface area contributed by atoms with Crippen LogP contribution in [-0.2, 0) is 110 Å². The van der Waals surface area contributed by atoms with Crippen LogP contribution in [0.15, 0.2) is 6.07 Å². The van der Waals surface area contributed by atoms with Crippen LogP contribution in [0.5, 0.6) is 0 Å². The Morgan fingerprint density at radius 2 is 0.782 bits per heavy atom. The van der Waals surface area contributed by atoms with Crippen molar-refractivity contribution in [3.8, 4) is 0 Å². The van der Waals surface area contributed by atoms with Crippen LogP contribution in [0.3, 0.4) is 0 Å². The fourth-order valence-corrected chi connectivity index (χ4v) is 10.2.